The SMILES string of the molecule is COc1ccc(CNCCc2cc(F)cc(F)c2)c(F)c1. The standard InChI is InChI=1S/C16H16F3NO/c1-21-15-3-2-12(16(19)9-15)10-20-5-4-11-6-13(17)8-14(18)7-11/h2-3,6-9,20H,4-5,10H2,1H3. The van der Waals surface area contributed by atoms with Crippen LogP contribution in [0.25, 0.3) is 0 Å². The third kappa shape index (κ3) is 4.49. The fourth-order valence-corrected chi connectivity index (χ4v) is 2.01. The summed E-state index contributed by atoms with van der Waals surface area (Å²) in [5, 5.41) is 3.04. The second kappa shape index (κ2) is 7.13. The molecule has 2 aromatic carbocycles. The Morgan fingerprint density at radius 3 is 2.33 bits per heavy atom. The highest BCUT2D eigenvalue weighted by molar-refractivity contribution is 5.28. The molecule has 0 fully saturated rings. The zero-order chi connectivity index (χ0) is 15.2. The van der Waals surface area contributed by atoms with Gasteiger partial charge in [-0.25, -0.2) is 13.2 Å². The highest BCUT2D eigenvalue weighted by Gasteiger charge is 2.04. The lowest BCUT2D eigenvalue weighted by Gasteiger charge is -2.08. The van der Waals surface area contributed by atoms with E-state index in [0.29, 0.717) is 36.4 Å². The molecule has 1 N–H and O–H groups in total. The normalized spacial score (nSPS) is 10.7. The molecule has 112 valence electrons. The Hall–Kier alpha value is -2.01. The quantitative estimate of drug-likeness (QED) is 0.824. The van der Waals surface area contributed by atoms with E-state index in [1.54, 1.807) is 12.1 Å². The predicted molar refractivity (Wildman–Crippen MR) is 74.7 cm³/mol. The van der Waals surface area contributed by atoms with E-state index in [9.17, 15) is 13.2 Å². The Balaban J connectivity index is 1.84. The molecule has 0 aliphatic rings. The third-order valence-corrected chi connectivity index (χ3v) is 3.09. The lowest BCUT2D eigenvalue weighted by atomic mass is 10.1. The monoisotopic (exact) mass is 295 g/mol. The van der Waals surface area contributed by atoms with Crippen molar-refractivity contribution in [1.29, 1.82) is 0 Å². The molecule has 0 unspecified atom stereocenters. The summed E-state index contributed by atoms with van der Waals surface area (Å²) in [5.74, 6) is -1.07. The predicted octanol–water partition coefficient (Wildman–Crippen LogP) is 3.44. The number of ether oxygens (including phenoxy) is 1. The van der Waals surface area contributed by atoms with Crippen molar-refractivity contribution in [3.8, 4) is 5.75 Å². The van der Waals surface area contributed by atoms with Crippen molar-refractivity contribution >= 4 is 0 Å². The van der Waals surface area contributed by atoms with E-state index in [1.165, 1.54) is 25.3 Å². The van der Waals surface area contributed by atoms with Crippen molar-refractivity contribution in [2.75, 3.05) is 13.7 Å². The molecular formula is C16H16F3NO. The van der Waals surface area contributed by atoms with E-state index in [4.69, 9.17) is 4.74 Å². The molecule has 0 amide bonds. The second-order valence-corrected chi connectivity index (χ2v) is 4.66. The van der Waals surface area contributed by atoms with Crippen LogP contribution in [0.15, 0.2) is 36.4 Å². The molecule has 0 bridgehead atoms. The van der Waals surface area contributed by atoms with Crippen LogP contribution in [-0.4, -0.2) is 13.7 Å². The molecule has 0 saturated carbocycles. The van der Waals surface area contributed by atoms with Gasteiger partial charge in [-0.1, -0.05) is 6.07 Å². The van der Waals surface area contributed by atoms with Crippen molar-refractivity contribution in [3.05, 3.63) is 65.0 Å². The first-order valence-corrected chi connectivity index (χ1v) is 6.56. The van der Waals surface area contributed by atoms with Crippen LogP contribution in [0, 0.1) is 17.5 Å². The van der Waals surface area contributed by atoms with Crippen LogP contribution in [0.5, 0.6) is 5.75 Å². The van der Waals surface area contributed by atoms with Crippen molar-refractivity contribution < 1.29 is 17.9 Å². The summed E-state index contributed by atoms with van der Waals surface area (Å²) < 4.78 is 44.6. The molecule has 0 heterocycles. The number of rotatable bonds is 6. The highest BCUT2D eigenvalue weighted by atomic mass is 19.1. The van der Waals surface area contributed by atoms with Gasteiger partial charge >= 0.3 is 0 Å². The fourth-order valence-electron chi connectivity index (χ4n) is 2.01. The second-order valence-electron chi connectivity index (χ2n) is 4.66. The zero-order valence-corrected chi connectivity index (χ0v) is 11.6. The summed E-state index contributed by atoms with van der Waals surface area (Å²) in [7, 11) is 1.48. The van der Waals surface area contributed by atoms with Gasteiger partial charge in [0.1, 0.15) is 23.2 Å². The molecule has 21 heavy (non-hydrogen) atoms. The van der Waals surface area contributed by atoms with Crippen LogP contribution >= 0.6 is 0 Å². The Labute approximate surface area is 121 Å². The molecule has 0 aliphatic heterocycles. The van der Waals surface area contributed by atoms with Gasteiger partial charge in [0.05, 0.1) is 7.11 Å². The first kappa shape index (κ1) is 15.4. The molecule has 2 aromatic rings. The summed E-state index contributed by atoms with van der Waals surface area (Å²) in [6.45, 7) is 0.835. The summed E-state index contributed by atoms with van der Waals surface area (Å²) in [6, 6.07) is 8.06. The van der Waals surface area contributed by atoms with Gasteiger partial charge in [-0.3, -0.25) is 0 Å². The summed E-state index contributed by atoms with van der Waals surface area (Å²) in [4.78, 5) is 0. The number of halogens is 3. The maximum absolute atomic E-state index is 13.7. The van der Waals surface area contributed by atoms with Gasteiger partial charge in [0.15, 0.2) is 0 Å². The Morgan fingerprint density at radius 2 is 1.71 bits per heavy atom. The van der Waals surface area contributed by atoms with E-state index in [-0.39, 0.29) is 5.82 Å². The zero-order valence-electron chi connectivity index (χ0n) is 11.6. The minimum Gasteiger partial charge on any atom is -0.497 e. The number of nitrogens with one attached hydrogen (secondary N) is 1. The smallest absolute Gasteiger partial charge is 0.131 e. The molecule has 0 aliphatic carbocycles. The first-order chi connectivity index (χ1) is 10.1. The molecule has 0 aromatic heterocycles. The van der Waals surface area contributed by atoms with Crippen molar-refractivity contribution in [2.45, 2.75) is 13.0 Å². The first-order valence-electron chi connectivity index (χ1n) is 6.56. The van der Waals surface area contributed by atoms with Crippen LogP contribution < -0.4 is 10.1 Å². The Kier molecular flexibility index (Phi) is 5.22. The highest BCUT2D eigenvalue weighted by Crippen LogP contribution is 2.16. The molecule has 0 saturated heterocycles. The molecule has 2 rings (SSSR count). The molecule has 0 atom stereocenters. The van der Waals surface area contributed by atoms with Crippen molar-refractivity contribution in [3.63, 3.8) is 0 Å². The van der Waals surface area contributed by atoms with Crippen LogP contribution in [0.4, 0.5) is 13.2 Å². The maximum atomic E-state index is 13.7. The topological polar surface area (TPSA) is 21.3 Å². The van der Waals surface area contributed by atoms with Gasteiger partial charge in [0, 0.05) is 24.2 Å². The van der Waals surface area contributed by atoms with Gasteiger partial charge in [-0.05, 0) is 36.7 Å². The average Bonchev–Trinajstić information content (AvgIpc) is 2.43. The van der Waals surface area contributed by atoms with E-state index in [0.717, 1.165) is 6.07 Å². The van der Waals surface area contributed by atoms with Gasteiger partial charge in [0.2, 0.25) is 0 Å². The minimum absolute atomic E-state index is 0.341. The van der Waals surface area contributed by atoms with E-state index >= 15 is 0 Å². The Morgan fingerprint density at radius 1 is 1.00 bits per heavy atom. The molecule has 2 nitrogen and oxygen atoms in total. The third-order valence-electron chi connectivity index (χ3n) is 3.09. The van der Waals surface area contributed by atoms with Gasteiger partial charge in [-0.2, -0.15) is 0 Å². The average molecular weight is 295 g/mol. The van der Waals surface area contributed by atoms with Crippen molar-refractivity contribution in [1.82, 2.24) is 5.32 Å². The number of hydrogen-bond donors (Lipinski definition) is 1. The maximum Gasteiger partial charge on any atom is 0.131 e. The van der Waals surface area contributed by atoms with E-state index in [1.807, 2.05) is 0 Å². The van der Waals surface area contributed by atoms with E-state index < -0.39 is 11.6 Å². The van der Waals surface area contributed by atoms with Crippen molar-refractivity contribution in [2.24, 2.45) is 0 Å². The van der Waals surface area contributed by atoms with Crippen LogP contribution in [0.3, 0.4) is 0 Å². The molecule has 0 radical (unpaired) electrons. The largest absolute Gasteiger partial charge is 0.497 e. The molecule has 0 spiro atoms. The molecule has 5 heteroatoms. The van der Waals surface area contributed by atoms with Gasteiger partial charge < -0.3 is 10.1 Å². The minimum atomic E-state index is -0.591. The van der Waals surface area contributed by atoms with E-state index in [2.05, 4.69) is 5.32 Å². The Bertz CT molecular complexity index is 596. The summed E-state index contributed by atoms with van der Waals surface area (Å²) in [5.41, 5.74) is 1.08. The lowest BCUT2D eigenvalue weighted by molar-refractivity contribution is 0.410. The number of benzene rings is 2. The summed E-state index contributed by atoms with van der Waals surface area (Å²) >= 11 is 0. The van der Waals surface area contributed by atoms with Crippen LogP contribution in [-0.2, 0) is 13.0 Å². The number of hydrogen-bond acceptors (Lipinski definition) is 2. The van der Waals surface area contributed by atoms with Gasteiger partial charge in [0.25, 0.3) is 0 Å². The fraction of sp³-hybridized carbons (Fsp3) is 0.250. The van der Waals surface area contributed by atoms with Gasteiger partial charge in [-0.15, -0.1) is 0 Å². The lowest BCUT2D eigenvalue weighted by Crippen LogP contribution is -2.17. The number of methoxy groups -OCH3 is 1. The van der Waals surface area contributed by atoms with Crippen LogP contribution in [0.2, 0.25) is 0 Å². The van der Waals surface area contributed by atoms with Crippen LogP contribution in [0.1, 0.15) is 11.1 Å². The molecular weight excluding hydrogens is 279 g/mol. The summed E-state index contributed by atoms with van der Waals surface area (Å²) in [6.07, 6.45) is 0.465.